The number of aliphatic hydroxyl groups is 1. The largest absolute Gasteiger partial charge is 0.395 e. The minimum absolute atomic E-state index is 0.0285. The number of rotatable bonds is 6. The summed E-state index contributed by atoms with van der Waals surface area (Å²) in [7, 11) is 0. The highest BCUT2D eigenvalue weighted by atomic mass is 16.3. The first kappa shape index (κ1) is 15.2. The van der Waals surface area contributed by atoms with E-state index in [1.54, 1.807) is 0 Å². The van der Waals surface area contributed by atoms with Gasteiger partial charge in [-0.05, 0) is 33.3 Å². The summed E-state index contributed by atoms with van der Waals surface area (Å²) in [6.07, 6.45) is 0. The molecule has 0 spiro atoms. The molecule has 18 heavy (non-hydrogen) atoms. The standard InChI is InChI=1S/C15H26N2O/c1-11(2)17(8-9-18)15(13(4)16)14-7-5-6-12(3)10-14/h5-7,10-11,13,15,18H,8-9,16H2,1-4H3. The zero-order valence-electron chi connectivity index (χ0n) is 11.9. The summed E-state index contributed by atoms with van der Waals surface area (Å²) in [5, 5.41) is 9.24. The van der Waals surface area contributed by atoms with E-state index in [0.717, 1.165) is 0 Å². The van der Waals surface area contributed by atoms with E-state index in [0.29, 0.717) is 12.6 Å². The Hall–Kier alpha value is -0.900. The lowest BCUT2D eigenvalue weighted by Crippen LogP contribution is -2.44. The van der Waals surface area contributed by atoms with Crippen LogP contribution in [0.3, 0.4) is 0 Å². The second-order valence-electron chi connectivity index (χ2n) is 5.27. The van der Waals surface area contributed by atoms with E-state index < -0.39 is 0 Å². The zero-order valence-corrected chi connectivity index (χ0v) is 11.9. The van der Waals surface area contributed by atoms with Crippen molar-refractivity contribution in [1.29, 1.82) is 0 Å². The molecule has 102 valence electrons. The van der Waals surface area contributed by atoms with Crippen LogP contribution < -0.4 is 5.73 Å². The first-order valence-corrected chi connectivity index (χ1v) is 6.66. The summed E-state index contributed by atoms with van der Waals surface area (Å²) >= 11 is 0. The molecule has 0 aliphatic rings. The lowest BCUT2D eigenvalue weighted by Gasteiger charge is -2.37. The maximum absolute atomic E-state index is 9.24. The average Bonchev–Trinajstić information content (AvgIpc) is 2.27. The van der Waals surface area contributed by atoms with E-state index in [4.69, 9.17) is 5.73 Å². The zero-order chi connectivity index (χ0) is 13.7. The van der Waals surface area contributed by atoms with Crippen LogP contribution in [-0.4, -0.2) is 35.2 Å². The van der Waals surface area contributed by atoms with Crippen molar-refractivity contribution in [2.75, 3.05) is 13.2 Å². The first-order chi connectivity index (χ1) is 8.47. The predicted octanol–water partition coefficient (Wildman–Crippen LogP) is 2.09. The first-order valence-electron chi connectivity index (χ1n) is 6.66. The monoisotopic (exact) mass is 250 g/mol. The quantitative estimate of drug-likeness (QED) is 0.813. The fraction of sp³-hybridized carbons (Fsp3) is 0.600. The second-order valence-corrected chi connectivity index (χ2v) is 5.27. The Morgan fingerprint density at radius 3 is 2.39 bits per heavy atom. The highest BCUT2D eigenvalue weighted by Gasteiger charge is 2.25. The van der Waals surface area contributed by atoms with Crippen molar-refractivity contribution in [2.45, 2.75) is 45.8 Å². The van der Waals surface area contributed by atoms with E-state index >= 15 is 0 Å². The molecule has 0 fully saturated rings. The van der Waals surface area contributed by atoms with E-state index in [-0.39, 0.29) is 18.7 Å². The molecular formula is C15H26N2O. The van der Waals surface area contributed by atoms with Crippen LogP contribution in [-0.2, 0) is 0 Å². The second kappa shape index (κ2) is 6.88. The van der Waals surface area contributed by atoms with Crippen molar-refractivity contribution in [3.8, 4) is 0 Å². The molecule has 0 amide bonds. The Morgan fingerprint density at radius 1 is 1.28 bits per heavy atom. The maximum atomic E-state index is 9.24. The Balaban J connectivity index is 3.07. The molecule has 0 aliphatic heterocycles. The van der Waals surface area contributed by atoms with E-state index in [1.807, 2.05) is 6.92 Å². The number of aryl methyl sites for hydroxylation is 1. The van der Waals surface area contributed by atoms with Crippen molar-refractivity contribution >= 4 is 0 Å². The van der Waals surface area contributed by atoms with E-state index in [2.05, 4.69) is 49.9 Å². The van der Waals surface area contributed by atoms with Gasteiger partial charge in [0.2, 0.25) is 0 Å². The van der Waals surface area contributed by atoms with Crippen molar-refractivity contribution in [1.82, 2.24) is 4.90 Å². The highest BCUT2D eigenvalue weighted by molar-refractivity contribution is 5.26. The molecule has 0 aliphatic carbocycles. The molecule has 0 bridgehead atoms. The third-order valence-corrected chi connectivity index (χ3v) is 3.26. The molecule has 0 saturated heterocycles. The minimum Gasteiger partial charge on any atom is -0.395 e. The van der Waals surface area contributed by atoms with Crippen LogP contribution in [0.1, 0.15) is 37.9 Å². The topological polar surface area (TPSA) is 49.5 Å². The molecule has 0 aromatic heterocycles. The lowest BCUT2D eigenvalue weighted by molar-refractivity contribution is 0.105. The number of benzene rings is 1. The molecule has 2 atom stereocenters. The normalized spacial score (nSPS) is 15.1. The van der Waals surface area contributed by atoms with Crippen LogP contribution in [0.15, 0.2) is 24.3 Å². The summed E-state index contributed by atoms with van der Waals surface area (Å²) in [5.74, 6) is 0. The molecule has 0 radical (unpaired) electrons. The van der Waals surface area contributed by atoms with Crippen molar-refractivity contribution in [3.05, 3.63) is 35.4 Å². The van der Waals surface area contributed by atoms with Crippen LogP contribution >= 0.6 is 0 Å². The third kappa shape index (κ3) is 3.80. The molecule has 1 rings (SSSR count). The Kier molecular flexibility index (Phi) is 5.79. The Bertz CT molecular complexity index is 363. The molecule has 2 unspecified atom stereocenters. The highest BCUT2D eigenvalue weighted by Crippen LogP contribution is 2.26. The molecule has 0 saturated carbocycles. The average molecular weight is 250 g/mol. The van der Waals surface area contributed by atoms with Gasteiger partial charge in [0.1, 0.15) is 0 Å². The third-order valence-electron chi connectivity index (χ3n) is 3.26. The van der Waals surface area contributed by atoms with Crippen molar-refractivity contribution in [3.63, 3.8) is 0 Å². The number of hydrogen-bond acceptors (Lipinski definition) is 3. The molecular weight excluding hydrogens is 224 g/mol. The molecule has 0 heterocycles. The van der Waals surface area contributed by atoms with Gasteiger partial charge in [-0.15, -0.1) is 0 Å². The number of aliphatic hydroxyl groups excluding tert-OH is 1. The van der Waals surface area contributed by atoms with Gasteiger partial charge >= 0.3 is 0 Å². The van der Waals surface area contributed by atoms with E-state index in [1.165, 1.54) is 11.1 Å². The van der Waals surface area contributed by atoms with Crippen molar-refractivity contribution < 1.29 is 5.11 Å². The summed E-state index contributed by atoms with van der Waals surface area (Å²) in [4.78, 5) is 2.26. The van der Waals surface area contributed by atoms with Crippen LogP contribution in [0.2, 0.25) is 0 Å². The Morgan fingerprint density at radius 2 is 1.94 bits per heavy atom. The van der Waals surface area contributed by atoms with Crippen LogP contribution in [0.5, 0.6) is 0 Å². The van der Waals surface area contributed by atoms with Crippen LogP contribution in [0.25, 0.3) is 0 Å². The van der Waals surface area contributed by atoms with Crippen LogP contribution in [0.4, 0.5) is 0 Å². The Labute approximate surface area is 111 Å². The van der Waals surface area contributed by atoms with Crippen molar-refractivity contribution in [2.24, 2.45) is 5.73 Å². The predicted molar refractivity (Wildman–Crippen MR) is 76.5 cm³/mol. The molecule has 1 aromatic carbocycles. The lowest BCUT2D eigenvalue weighted by atomic mass is 9.96. The fourth-order valence-corrected chi connectivity index (χ4v) is 2.49. The molecule has 3 N–H and O–H groups in total. The van der Waals surface area contributed by atoms with Gasteiger partial charge in [-0.2, -0.15) is 0 Å². The smallest absolute Gasteiger partial charge is 0.0558 e. The molecule has 3 heteroatoms. The number of nitrogens with zero attached hydrogens (tertiary/aromatic N) is 1. The van der Waals surface area contributed by atoms with Gasteiger partial charge in [-0.1, -0.05) is 29.8 Å². The molecule has 3 nitrogen and oxygen atoms in total. The fourth-order valence-electron chi connectivity index (χ4n) is 2.49. The molecule has 1 aromatic rings. The van der Waals surface area contributed by atoms with Gasteiger partial charge in [-0.3, -0.25) is 4.90 Å². The van der Waals surface area contributed by atoms with Crippen LogP contribution in [0, 0.1) is 6.92 Å². The SMILES string of the molecule is Cc1cccc(C(C(C)N)N(CCO)C(C)C)c1. The van der Waals surface area contributed by atoms with E-state index in [9.17, 15) is 5.11 Å². The van der Waals surface area contributed by atoms with Gasteiger partial charge in [0, 0.05) is 24.7 Å². The van der Waals surface area contributed by atoms with Gasteiger partial charge in [-0.25, -0.2) is 0 Å². The summed E-state index contributed by atoms with van der Waals surface area (Å²) in [5.41, 5.74) is 8.63. The van der Waals surface area contributed by atoms with Gasteiger partial charge in [0.25, 0.3) is 0 Å². The van der Waals surface area contributed by atoms with Gasteiger partial charge in [0.05, 0.1) is 6.61 Å². The number of nitrogens with two attached hydrogens (primary N) is 1. The number of hydrogen-bond donors (Lipinski definition) is 2. The minimum atomic E-state index is 0.0285. The summed E-state index contributed by atoms with van der Waals surface area (Å²) < 4.78 is 0. The van der Waals surface area contributed by atoms with Gasteiger partial charge in [0.15, 0.2) is 0 Å². The summed E-state index contributed by atoms with van der Waals surface area (Å²) in [6.45, 7) is 9.21. The van der Waals surface area contributed by atoms with Gasteiger partial charge < -0.3 is 10.8 Å². The summed E-state index contributed by atoms with van der Waals surface area (Å²) in [6, 6.07) is 8.99. The maximum Gasteiger partial charge on any atom is 0.0558 e.